The van der Waals surface area contributed by atoms with Gasteiger partial charge in [-0.2, -0.15) is 0 Å². The Balaban J connectivity index is 0.894. The predicted octanol–water partition coefficient (Wildman–Crippen LogP) is 13.0. The molecular weight excluding hydrogens is 769 g/mol. The molecule has 0 saturated carbocycles. The topological polar surface area (TPSA) is 89.1 Å². The largest absolute Gasteiger partial charge is 0.479 e. The van der Waals surface area contributed by atoms with Crippen molar-refractivity contribution >= 4 is 43.6 Å². The molecule has 6 aromatic carbocycles. The van der Waals surface area contributed by atoms with Crippen LogP contribution in [0.1, 0.15) is 12.5 Å². The first kappa shape index (κ1) is 35.6. The summed E-state index contributed by atoms with van der Waals surface area (Å²) in [6.07, 6.45) is 3.67. The van der Waals surface area contributed by atoms with Crippen LogP contribution in [-0.4, -0.2) is 36.2 Å². The highest BCUT2D eigenvalue weighted by Gasteiger charge is 2.18. The fourth-order valence-corrected chi connectivity index (χ4v) is 8.29. The van der Waals surface area contributed by atoms with Gasteiger partial charge in [0.15, 0.2) is 0 Å². The van der Waals surface area contributed by atoms with Crippen LogP contribution in [0.25, 0.3) is 77.8 Å². The molecule has 11 aromatic rings. The molecule has 0 radical (unpaired) electrons. The lowest BCUT2D eigenvalue weighted by Crippen LogP contribution is -1.98. The highest BCUT2D eigenvalue weighted by Crippen LogP contribution is 2.38. The number of methoxy groups -OCH3 is 1. The molecule has 11 rings (SSSR count). The van der Waals surface area contributed by atoms with E-state index in [2.05, 4.69) is 83.6 Å². The molecule has 0 amide bonds. The molecule has 0 spiro atoms. The first-order chi connectivity index (χ1) is 30.9. The summed E-state index contributed by atoms with van der Waals surface area (Å²) in [5, 5.41) is 4.48. The summed E-state index contributed by atoms with van der Waals surface area (Å²) in [5.74, 6) is 4.48. The van der Waals surface area contributed by atoms with E-state index in [1.54, 1.807) is 7.11 Å². The Bertz CT molecular complexity index is 3580. The van der Waals surface area contributed by atoms with Gasteiger partial charge in [-0.05, 0) is 110 Å². The van der Waals surface area contributed by atoms with E-state index in [4.69, 9.17) is 35.5 Å². The smallest absolute Gasteiger partial charge is 0.240 e. The number of fused-ring (bicyclic) bond motifs is 6. The number of hydrogen-bond donors (Lipinski definition) is 0. The van der Waals surface area contributed by atoms with Crippen LogP contribution in [0.3, 0.4) is 0 Å². The average molecular weight is 808 g/mol. The Morgan fingerprint density at radius 2 is 0.968 bits per heavy atom. The minimum Gasteiger partial charge on any atom is -0.479 e. The maximum Gasteiger partial charge on any atom is 0.240 e. The van der Waals surface area contributed by atoms with E-state index in [1.165, 1.54) is 0 Å². The van der Waals surface area contributed by atoms with Gasteiger partial charge in [0.2, 0.25) is 5.88 Å². The van der Waals surface area contributed by atoms with Gasteiger partial charge in [0.05, 0.1) is 42.4 Å². The Kier molecular flexibility index (Phi) is 8.66. The number of aromatic nitrogens is 6. The van der Waals surface area contributed by atoms with Crippen molar-refractivity contribution in [3.63, 3.8) is 0 Å². The summed E-state index contributed by atoms with van der Waals surface area (Å²) in [4.78, 5) is 19.0. The molecule has 0 N–H and O–H groups in total. The van der Waals surface area contributed by atoms with Gasteiger partial charge in [-0.15, -0.1) is 0 Å². The minimum atomic E-state index is -0.00565. The van der Waals surface area contributed by atoms with Gasteiger partial charge in [-0.3, -0.25) is 9.13 Å². The lowest BCUT2D eigenvalue weighted by molar-refractivity contribution is 0.398. The molecule has 0 unspecified atom stereocenters. The summed E-state index contributed by atoms with van der Waals surface area (Å²) in [5.41, 5.74) is 8.51. The molecule has 0 bridgehead atoms. The van der Waals surface area contributed by atoms with E-state index in [-0.39, 0.29) is 12.1 Å². The number of pyridine rings is 2. The molecule has 0 aliphatic heterocycles. The van der Waals surface area contributed by atoms with Gasteiger partial charge in [-0.25, -0.2) is 19.9 Å². The zero-order chi connectivity index (χ0) is 42.6. The molecule has 0 aliphatic carbocycles. The molecule has 9 heteroatoms. The Hall–Kier alpha value is -8.30. The number of hydrogen-bond acceptors (Lipinski definition) is 7. The summed E-state index contributed by atoms with van der Waals surface area (Å²) in [6, 6.07) is 52.1. The van der Waals surface area contributed by atoms with Crippen LogP contribution in [0, 0.1) is 13.8 Å². The maximum absolute atomic E-state index is 9.07. The molecule has 0 atom stereocenters. The van der Waals surface area contributed by atoms with Crippen LogP contribution < -0.4 is 14.2 Å². The van der Waals surface area contributed by atoms with Crippen molar-refractivity contribution in [2.45, 2.75) is 13.8 Å². The number of benzene rings is 6. The van der Waals surface area contributed by atoms with Crippen molar-refractivity contribution in [2.75, 3.05) is 7.11 Å². The Morgan fingerprint density at radius 3 is 1.52 bits per heavy atom. The number of nitrogens with zero attached hydrogens (tertiary/aromatic N) is 6. The second kappa shape index (κ2) is 15.1. The zero-order valence-corrected chi connectivity index (χ0v) is 34.1. The monoisotopic (exact) mass is 807 g/mol. The third-order valence-corrected chi connectivity index (χ3v) is 11.1. The van der Waals surface area contributed by atoms with Crippen LogP contribution in [0.2, 0.25) is 0 Å². The quantitative estimate of drug-likeness (QED) is 0.143. The standard InChI is InChI=1S/C53H38N6O3/c1-33-22-24-54-50(26-33)58-46-16-6-4-14-41(46)43-20-18-39(30-48(43)58)61-37-12-8-10-35(28-37)45-32-56-52(53(57-45)60-3)36-11-9-13-38(29-36)62-40-19-21-44-42-15-5-7-17-47(42)59(49(44)31-40)51-27-34(2)23-25-55-51/h4-32H,1-3H3/i32D. The molecule has 5 heterocycles. The second-order valence-corrected chi connectivity index (χ2v) is 15.2. The van der Waals surface area contributed by atoms with E-state index in [0.717, 1.165) is 66.4 Å². The van der Waals surface area contributed by atoms with Crippen molar-refractivity contribution < 1.29 is 15.6 Å². The normalized spacial score (nSPS) is 11.7. The van der Waals surface area contributed by atoms with Crippen molar-refractivity contribution in [3.8, 4) is 63.0 Å². The van der Waals surface area contributed by atoms with Crippen molar-refractivity contribution in [1.82, 2.24) is 29.1 Å². The van der Waals surface area contributed by atoms with Gasteiger partial charge in [0.1, 0.15) is 40.3 Å². The van der Waals surface area contributed by atoms with E-state index < -0.39 is 0 Å². The van der Waals surface area contributed by atoms with Crippen LogP contribution in [0.4, 0.5) is 0 Å². The molecule has 9 nitrogen and oxygen atoms in total. The molecule has 0 aliphatic rings. The number of para-hydroxylation sites is 2. The van der Waals surface area contributed by atoms with Crippen LogP contribution in [0.15, 0.2) is 176 Å². The van der Waals surface area contributed by atoms with E-state index in [1.807, 2.05) is 109 Å². The van der Waals surface area contributed by atoms with Crippen molar-refractivity contribution in [3.05, 3.63) is 187 Å². The lowest BCUT2D eigenvalue weighted by Gasteiger charge is -2.12. The van der Waals surface area contributed by atoms with Crippen molar-refractivity contribution in [1.29, 1.82) is 0 Å². The summed E-state index contributed by atoms with van der Waals surface area (Å²) >= 11 is 0. The molecule has 62 heavy (non-hydrogen) atoms. The molecule has 0 fully saturated rings. The number of rotatable bonds is 9. The van der Waals surface area contributed by atoms with E-state index in [0.29, 0.717) is 45.5 Å². The Morgan fingerprint density at radius 1 is 0.468 bits per heavy atom. The van der Waals surface area contributed by atoms with Gasteiger partial charge in [-0.1, -0.05) is 60.7 Å². The van der Waals surface area contributed by atoms with Gasteiger partial charge < -0.3 is 14.2 Å². The third-order valence-electron chi connectivity index (χ3n) is 11.1. The van der Waals surface area contributed by atoms with Gasteiger partial charge in [0.25, 0.3) is 0 Å². The predicted molar refractivity (Wildman–Crippen MR) is 246 cm³/mol. The van der Waals surface area contributed by atoms with E-state index in [9.17, 15) is 0 Å². The first-order valence-electron chi connectivity index (χ1n) is 20.8. The van der Waals surface area contributed by atoms with Crippen LogP contribution in [-0.2, 0) is 0 Å². The highest BCUT2D eigenvalue weighted by atomic mass is 16.5. The van der Waals surface area contributed by atoms with Crippen molar-refractivity contribution in [2.24, 2.45) is 0 Å². The minimum absolute atomic E-state index is 0.00565. The molecule has 5 aromatic heterocycles. The summed E-state index contributed by atoms with van der Waals surface area (Å²) in [7, 11) is 1.56. The SMILES string of the molecule is [2H]c1nc(-c2cccc(Oc3ccc4c5ccccc5n(-c5cc(C)ccn5)c4c3)c2)c(OC)nc1-c1cccc(Oc2ccc3c4ccccc4n(-c4cc(C)ccn4)c3c2)c1. The summed E-state index contributed by atoms with van der Waals surface area (Å²) < 4.78 is 32.2. The number of aryl methyl sites for hydroxylation is 2. The van der Waals surface area contributed by atoms with E-state index >= 15 is 0 Å². The highest BCUT2D eigenvalue weighted by molar-refractivity contribution is 6.10. The number of ether oxygens (including phenoxy) is 3. The second-order valence-electron chi connectivity index (χ2n) is 15.2. The fourth-order valence-electron chi connectivity index (χ4n) is 8.29. The maximum atomic E-state index is 9.07. The zero-order valence-electron chi connectivity index (χ0n) is 35.1. The molecule has 0 saturated heterocycles. The van der Waals surface area contributed by atoms with Crippen LogP contribution >= 0.6 is 0 Å². The third kappa shape index (κ3) is 6.53. The summed E-state index contributed by atoms with van der Waals surface area (Å²) in [6.45, 7) is 4.14. The molecule has 298 valence electrons. The lowest BCUT2D eigenvalue weighted by atomic mass is 10.1. The fraction of sp³-hybridized carbons (Fsp3) is 0.0566. The molecular formula is C53H38N6O3. The Labute approximate surface area is 358 Å². The first-order valence-corrected chi connectivity index (χ1v) is 20.3. The van der Waals surface area contributed by atoms with Crippen LogP contribution in [0.5, 0.6) is 28.9 Å². The average Bonchev–Trinajstić information content (AvgIpc) is 3.81. The van der Waals surface area contributed by atoms with Gasteiger partial charge >= 0.3 is 0 Å². The van der Waals surface area contributed by atoms with Gasteiger partial charge in [0, 0.05) is 57.2 Å².